The van der Waals surface area contributed by atoms with Gasteiger partial charge in [-0.05, 0) is 30.3 Å². The fraction of sp³-hybridized carbons (Fsp3) is 0.235. The number of nitrogens with zero attached hydrogens (tertiary/aromatic N) is 3. The smallest absolute Gasteiger partial charge is 0.322 e. The van der Waals surface area contributed by atoms with Gasteiger partial charge in [0.05, 0.1) is 11.9 Å². The second-order valence-electron chi connectivity index (χ2n) is 5.59. The number of halogens is 2. The first-order chi connectivity index (χ1) is 12.0. The molecule has 0 bridgehead atoms. The fourth-order valence-electron chi connectivity index (χ4n) is 2.57. The van der Waals surface area contributed by atoms with E-state index in [9.17, 15) is 14.0 Å². The third kappa shape index (κ3) is 4.24. The van der Waals surface area contributed by atoms with E-state index in [-0.39, 0.29) is 11.9 Å². The Labute approximate surface area is 149 Å². The normalized spacial score (nSPS) is 14.3. The first kappa shape index (κ1) is 17.2. The van der Waals surface area contributed by atoms with Crippen molar-refractivity contribution in [2.45, 2.75) is 0 Å². The Bertz CT molecular complexity index is 776. The molecule has 130 valence electrons. The molecular formula is C17H16ClFN4O2. The van der Waals surface area contributed by atoms with E-state index in [2.05, 4.69) is 10.3 Å². The minimum atomic E-state index is -0.444. The molecule has 0 radical (unpaired) electrons. The summed E-state index contributed by atoms with van der Waals surface area (Å²) >= 11 is 5.71. The maximum absolute atomic E-state index is 13.2. The van der Waals surface area contributed by atoms with Crippen LogP contribution in [0.1, 0.15) is 10.4 Å². The van der Waals surface area contributed by atoms with Gasteiger partial charge in [-0.1, -0.05) is 17.7 Å². The third-order valence-corrected chi connectivity index (χ3v) is 4.13. The summed E-state index contributed by atoms with van der Waals surface area (Å²) in [5.74, 6) is -0.679. The van der Waals surface area contributed by atoms with Crippen molar-refractivity contribution in [3.63, 3.8) is 0 Å². The maximum atomic E-state index is 13.2. The van der Waals surface area contributed by atoms with E-state index in [1.807, 2.05) is 0 Å². The van der Waals surface area contributed by atoms with Crippen molar-refractivity contribution in [1.29, 1.82) is 0 Å². The monoisotopic (exact) mass is 362 g/mol. The highest BCUT2D eigenvalue weighted by Crippen LogP contribution is 2.13. The summed E-state index contributed by atoms with van der Waals surface area (Å²) in [4.78, 5) is 31.7. The number of carbonyl (C=O) groups excluding carboxylic acids is 2. The summed E-state index contributed by atoms with van der Waals surface area (Å²) in [7, 11) is 0. The maximum Gasteiger partial charge on any atom is 0.322 e. The summed E-state index contributed by atoms with van der Waals surface area (Å²) in [6.45, 7) is 1.57. The molecule has 2 aromatic rings. The quantitative estimate of drug-likeness (QED) is 0.835. The SMILES string of the molecule is O=C(Nc1ccc(Cl)nc1)N1CCN(C(=O)c2cccc(F)c2)CC1. The lowest BCUT2D eigenvalue weighted by atomic mass is 10.2. The van der Waals surface area contributed by atoms with Crippen LogP contribution in [-0.4, -0.2) is 52.9 Å². The molecule has 1 aliphatic heterocycles. The number of hydrogen-bond acceptors (Lipinski definition) is 3. The van der Waals surface area contributed by atoms with Gasteiger partial charge in [0.15, 0.2) is 0 Å². The lowest BCUT2D eigenvalue weighted by Crippen LogP contribution is -2.51. The van der Waals surface area contributed by atoms with Gasteiger partial charge < -0.3 is 15.1 Å². The molecule has 8 heteroatoms. The van der Waals surface area contributed by atoms with Crippen molar-refractivity contribution in [1.82, 2.24) is 14.8 Å². The van der Waals surface area contributed by atoms with Crippen molar-refractivity contribution in [2.75, 3.05) is 31.5 Å². The largest absolute Gasteiger partial charge is 0.335 e. The van der Waals surface area contributed by atoms with E-state index in [0.29, 0.717) is 42.6 Å². The van der Waals surface area contributed by atoms with Crippen LogP contribution in [0, 0.1) is 5.82 Å². The second-order valence-corrected chi connectivity index (χ2v) is 5.98. The van der Waals surface area contributed by atoms with Crippen LogP contribution < -0.4 is 5.32 Å². The number of nitrogens with one attached hydrogen (secondary N) is 1. The van der Waals surface area contributed by atoms with Gasteiger partial charge in [0.1, 0.15) is 11.0 Å². The van der Waals surface area contributed by atoms with Crippen molar-refractivity contribution in [3.05, 3.63) is 59.1 Å². The first-order valence-corrected chi connectivity index (χ1v) is 8.13. The van der Waals surface area contributed by atoms with Gasteiger partial charge in [-0.15, -0.1) is 0 Å². The molecule has 1 N–H and O–H groups in total. The molecule has 1 saturated heterocycles. The van der Waals surface area contributed by atoms with Crippen molar-refractivity contribution < 1.29 is 14.0 Å². The number of aromatic nitrogens is 1. The number of urea groups is 1. The molecule has 1 aliphatic rings. The molecule has 0 spiro atoms. The van der Waals surface area contributed by atoms with Crippen LogP contribution in [-0.2, 0) is 0 Å². The minimum Gasteiger partial charge on any atom is -0.335 e. The molecule has 0 saturated carbocycles. The van der Waals surface area contributed by atoms with Crippen LogP contribution in [0.5, 0.6) is 0 Å². The summed E-state index contributed by atoms with van der Waals surface area (Å²) in [5, 5.41) is 3.08. The molecule has 1 fully saturated rings. The van der Waals surface area contributed by atoms with Crippen molar-refractivity contribution in [2.24, 2.45) is 0 Å². The molecule has 0 atom stereocenters. The van der Waals surface area contributed by atoms with Gasteiger partial charge in [0.25, 0.3) is 5.91 Å². The highest BCUT2D eigenvalue weighted by Gasteiger charge is 2.25. The molecule has 6 nitrogen and oxygen atoms in total. The third-order valence-electron chi connectivity index (χ3n) is 3.90. The zero-order valence-electron chi connectivity index (χ0n) is 13.3. The Balaban J connectivity index is 1.55. The number of benzene rings is 1. The van der Waals surface area contributed by atoms with Crippen molar-refractivity contribution >= 4 is 29.2 Å². The molecule has 1 aromatic carbocycles. The predicted molar refractivity (Wildman–Crippen MR) is 92.1 cm³/mol. The van der Waals surface area contributed by atoms with E-state index < -0.39 is 5.82 Å². The average Bonchev–Trinajstić information content (AvgIpc) is 2.63. The number of piperazine rings is 1. The Kier molecular flexibility index (Phi) is 5.14. The van der Waals surface area contributed by atoms with Crippen LogP contribution >= 0.6 is 11.6 Å². The van der Waals surface area contributed by atoms with E-state index in [0.717, 1.165) is 0 Å². The van der Waals surface area contributed by atoms with Gasteiger partial charge in [0.2, 0.25) is 0 Å². The Hall–Kier alpha value is -2.67. The average molecular weight is 363 g/mol. The number of rotatable bonds is 2. The number of anilines is 1. The Morgan fingerprint density at radius 3 is 2.44 bits per heavy atom. The molecule has 25 heavy (non-hydrogen) atoms. The fourth-order valence-corrected chi connectivity index (χ4v) is 2.68. The van der Waals surface area contributed by atoms with Crippen LogP contribution in [0.3, 0.4) is 0 Å². The predicted octanol–water partition coefficient (Wildman–Crippen LogP) is 2.86. The van der Waals surface area contributed by atoms with Crippen LogP contribution in [0.2, 0.25) is 5.15 Å². The van der Waals surface area contributed by atoms with Gasteiger partial charge in [-0.25, -0.2) is 14.2 Å². The molecule has 3 rings (SSSR count). The van der Waals surface area contributed by atoms with Crippen LogP contribution in [0.4, 0.5) is 14.9 Å². The van der Waals surface area contributed by atoms with Crippen LogP contribution in [0.25, 0.3) is 0 Å². The number of carbonyl (C=O) groups is 2. The highest BCUT2D eigenvalue weighted by atomic mass is 35.5. The minimum absolute atomic E-state index is 0.235. The van der Waals surface area contributed by atoms with E-state index in [1.54, 1.807) is 28.0 Å². The molecule has 2 heterocycles. The van der Waals surface area contributed by atoms with Crippen molar-refractivity contribution in [3.8, 4) is 0 Å². The summed E-state index contributed by atoms with van der Waals surface area (Å²) in [5.41, 5.74) is 0.859. The van der Waals surface area contributed by atoms with E-state index >= 15 is 0 Å². The van der Waals surface area contributed by atoms with E-state index in [1.165, 1.54) is 24.4 Å². The second kappa shape index (κ2) is 7.48. The van der Waals surface area contributed by atoms with Gasteiger partial charge in [0, 0.05) is 31.7 Å². The standard InChI is InChI=1S/C17H16ClFN4O2/c18-15-5-4-14(11-20-15)21-17(25)23-8-6-22(7-9-23)16(24)12-2-1-3-13(19)10-12/h1-5,10-11H,6-9H2,(H,21,25). The van der Waals surface area contributed by atoms with Gasteiger partial charge in [-0.3, -0.25) is 4.79 Å². The molecular weight excluding hydrogens is 347 g/mol. The zero-order chi connectivity index (χ0) is 17.8. The molecule has 0 aliphatic carbocycles. The zero-order valence-corrected chi connectivity index (χ0v) is 14.0. The number of amides is 3. The molecule has 3 amide bonds. The summed E-state index contributed by atoms with van der Waals surface area (Å²) < 4.78 is 13.2. The Morgan fingerprint density at radius 1 is 1.08 bits per heavy atom. The lowest BCUT2D eigenvalue weighted by molar-refractivity contribution is 0.0671. The first-order valence-electron chi connectivity index (χ1n) is 7.75. The highest BCUT2D eigenvalue weighted by molar-refractivity contribution is 6.29. The molecule has 0 unspecified atom stereocenters. The Morgan fingerprint density at radius 2 is 1.80 bits per heavy atom. The van der Waals surface area contributed by atoms with Gasteiger partial charge >= 0.3 is 6.03 Å². The molecule has 1 aromatic heterocycles. The van der Waals surface area contributed by atoms with Crippen LogP contribution in [0.15, 0.2) is 42.6 Å². The lowest BCUT2D eigenvalue weighted by Gasteiger charge is -2.34. The number of hydrogen-bond donors (Lipinski definition) is 1. The summed E-state index contributed by atoms with van der Waals surface area (Å²) in [6, 6.07) is 8.59. The topological polar surface area (TPSA) is 65.5 Å². The van der Waals surface area contributed by atoms with Gasteiger partial charge in [-0.2, -0.15) is 0 Å². The number of pyridine rings is 1. The van der Waals surface area contributed by atoms with E-state index in [4.69, 9.17) is 11.6 Å². The summed E-state index contributed by atoms with van der Waals surface area (Å²) in [6.07, 6.45) is 1.48.